The zero-order valence-corrected chi connectivity index (χ0v) is 11.7. The zero-order valence-electron chi connectivity index (χ0n) is 10.8. The minimum Gasteiger partial charge on any atom is -0.395 e. The van der Waals surface area contributed by atoms with Gasteiger partial charge in [-0.3, -0.25) is 0 Å². The Bertz CT molecular complexity index is 348. The molecule has 0 bridgehead atoms. The van der Waals surface area contributed by atoms with Gasteiger partial charge in [-0.05, 0) is 44.7 Å². The van der Waals surface area contributed by atoms with Crippen molar-refractivity contribution < 1.29 is 13.5 Å². The molecule has 6 heteroatoms. The quantitative estimate of drug-likeness (QED) is 0.725. The molecule has 18 heavy (non-hydrogen) atoms. The molecular formula is C12H24N2O3S. The Balaban J connectivity index is 1.97. The predicted molar refractivity (Wildman–Crippen MR) is 70.8 cm³/mol. The summed E-state index contributed by atoms with van der Waals surface area (Å²) < 4.78 is 26.4. The molecule has 0 amide bonds. The molecule has 1 aliphatic carbocycles. The van der Waals surface area contributed by atoms with Crippen molar-refractivity contribution in [1.29, 1.82) is 0 Å². The van der Waals surface area contributed by atoms with E-state index in [1.54, 1.807) is 4.31 Å². The molecule has 1 atom stereocenters. The number of sulfonamides is 1. The summed E-state index contributed by atoms with van der Waals surface area (Å²) in [5, 5.41) is 12.3. The molecule has 5 nitrogen and oxygen atoms in total. The summed E-state index contributed by atoms with van der Waals surface area (Å²) in [5.74, 6) is 0.460. The SMILES string of the molecule is O=S(=O)(CC1CCCNC1)N(CCO)C1CCC1. The first-order valence-electron chi connectivity index (χ1n) is 6.94. The van der Waals surface area contributed by atoms with Crippen LogP contribution in [0, 0.1) is 5.92 Å². The highest BCUT2D eigenvalue weighted by Crippen LogP contribution is 2.28. The molecule has 0 aromatic rings. The van der Waals surface area contributed by atoms with Crippen LogP contribution < -0.4 is 5.32 Å². The maximum absolute atomic E-state index is 12.4. The molecule has 2 fully saturated rings. The minimum absolute atomic E-state index is 0.0847. The van der Waals surface area contributed by atoms with E-state index in [1.807, 2.05) is 0 Å². The Morgan fingerprint density at radius 3 is 2.50 bits per heavy atom. The topological polar surface area (TPSA) is 69.6 Å². The van der Waals surface area contributed by atoms with Crippen LogP contribution in [0.4, 0.5) is 0 Å². The Labute approximate surface area is 110 Å². The molecule has 0 aromatic carbocycles. The lowest BCUT2D eigenvalue weighted by Gasteiger charge is -2.37. The van der Waals surface area contributed by atoms with Gasteiger partial charge in [-0.25, -0.2) is 8.42 Å². The molecule has 0 aromatic heterocycles. The third-order valence-corrected chi connectivity index (χ3v) is 6.09. The monoisotopic (exact) mass is 276 g/mol. The van der Waals surface area contributed by atoms with Gasteiger partial charge in [0.1, 0.15) is 0 Å². The summed E-state index contributed by atoms with van der Waals surface area (Å²) in [5.41, 5.74) is 0. The first kappa shape index (κ1) is 14.2. The first-order valence-corrected chi connectivity index (χ1v) is 8.55. The smallest absolute Gasteiger partial charge is 0.214 e. The minimum atomic E-state index is -3.21. The van der Waals surface area contributed by atoms with Crippen molar-refractivity contribution in [2.75, 3.05) is 32.0 Å². The summed E-state index contributed by atoms with van der Waals surface area (Å²) in [6.07, 6.45) is 5.05. The number of nitrogens with zero attached hydrogens (tertiary/aromatic N) is 1. The van der Waals surface area contributed by atoms with E-state index in [2.05, 4.69) is 5.32 Å². The fourth-order valence-corrected chi connectivity index (χ4v) is 4.88. The van der Waals surface area contributed by atoms with E-state index in [1.165, 1.54) is 0 Å². The summed E-state index contributed by atoms with van der Waals surface area (Å²) in [4.78, 5) is 0. The Morgan fingerprint density at radius 2 is 2.00 bits per heavy atom. The van der Waals surface area contributed by atoms with Gasteiger partial charge in [0.25, 0.3) is 0 Å². The van der Waals surface area contributed by atoms with E-state index in [4.69, 9.17) is 5.11 Å². The maximum Gasteiger partial charge on any atom is 0.214 e. The van der Waals surface area contributed by atoms with Gasteiger partial charge in [-0.2, -0.15) is 4.31 Å². The van der Waals surface area contributed by atoms with E-state index in [0.29, 0.717) is 0 Å². The molecule has 1 unspecified atom stereocenters. The number of hydrogen-bond acceptors (Lipinski definition) is 4. The standard InChI is InChI=1S/C12H24N2O3S/c15-8-7-14(12-4-1-5-12)18(16,17)10-11-3-2-6-13-9-11/h11-13,15H,1-10H2. The second-order valence-electron chi connectivity index (χ2n) is 5.41. The number of piperidine rings is 1. The van der Waals surface area contributed by atoms with Crippen LogP contribution >= 0.6 is 0 Å². The van der Waals surface area contributed by atoms with E-state index >= 15 is 0 Å². The lowest BCUT2D eigenvalue weighted by Crippen LogP contribution is -2.48. The van der Waals surface area contributed by atoms with Crippen LogP contribution in [0.3, 0.4) is 0 Å². The van der Waals surface area contributed by atoms with Crippen LogP contribution in [0.5, 0.6) is 0 Å². The van der Waals surface area contributed by atoms with Gasteiger partial charge in [-0.15, -0.1) is 0 Å². The van der Waals surface area contributed by atoms with Gasteiger partial charge in [0, 0.05) is 12.6 Å². The normalized spacial score (nSPS) is 26.2. The number of rotatable bonds is 6. The molecule has 0 radical (unpaired) electrons. The largest absolute Gasteiger partial charge is 0.395 e. The number of hydrogen-bond donors (Lipinski definition) is 2. The lowest BCUT2D eigenvalue weighted by atomic mass is 9.93. The second kappa shape index (κ2) is 6.32. The van der Waals surface area contributed by atoms with E-state index in [0.717, 1.165) is 45.2 Å². The molecule has 1 heterocycles. The van der Waals surface area contributed by atoms with Crippen molar-refractivity contribution in [2.45, 2.75) is 38.1 Å². The van der Waals surface area contributed by atoms with Crippen molar-refractivity contribution in [3.8, 4) is 0 Å². The van der Waals surface area contributed by atoms with Crippen LogP contribution in [0.1, 0.15) is 32.1 Å². The highest BCUT2D eigenvalue weighted by Gasteiger charge is 2.34. The van der Waals surface area contributed by atoms with Crippen molar-refractivity contribution in [3.05, 3.63) is 0 Å². The summed E-state index contributed by atoms with van der Waals surface area (Å²) >= 11 is 0. The van der Waals surface area contributed by atoms with Crippen LogP contribution in [0.15, 0.2) is 0 Å². The van der Waals surface area contributed by atoms with Crippen molar-refractivity contribution >= 4 is 10.0 Å². The Kier molecular flexibility index (Phi) is 5.00. The molecule has 2 rings (SSSR count). The molecule has 0 spiro atoms. The second-order valence-corrected chi connectivity index (χ2v) is 7.38. The van der Waals surface area contributed by atoms with Crippen LogP contribution in [-0.4, -0.2) is 55.9 Å². The fraction of sp³-hybridized carbons (Fsp3) is 1.00. The summed E-state index contributed by atoms with van der Waals surface area (Å²) in [7, 11) is -3.21. The molecule has 2 N–H and O–H groups in total. The molecule has 2 aliphatic rings. The average molecular weight is 276 g/mol. The van der Waals surface area contributed by atoms with Crippen LogP contribution in [0.25, 0.3) is 0 Å². The summed E-state index contributed by atoms with van der Waals surface area (Å²) in [6.45, 7) is 1.97. The molecule has 106 valence electrons. The van der Waals surface area contributed by atoms with Gasteiger partial charge in [-0.1, -0.05) is 6.42 Å². The van der Waals surface area contributed by atoms with Crippen LogP contribution in [0.2, 0.25) is 0 Å². The predicted octanol–water partition coefficient (Wildman–Crippen LogP) is 0.163. The van der Waals surface area contributed by atoms with Gasteiger partial charge in [0.2, 0.25) is 10.0 Å². The maximum atomic E-state index is 12.4. The Hall–Kier alpha value is -0.170. The molecule has 1 aliphatic heterocycles. The van der Waals surface area contributed by atoms with Crippen molar-refractivity contribution in [2.24, 2.45) is 5.92 Å². The number of nitrogens with one attached hydrogen (secondary N) is 1. The van der Waals surface area contributed by atoms with Gasteiger partial charge < -0.3 is 10.4 Å². The Morgan fingerprint density at radius 1 is 1.22 bits per heavy atom. The van der Waals surface area contributed by atoms with E-state index in [9.17, 15) is 8.42 Å². The highest BCUT2D eigenvalue weighted by atomic mass is 32.2. The summed E-state index contributed by atoms with van der Waals surface area (Å²) in [6, 6.07) is 0.138. The first-order chi connectivity index (χ1) is 8.63. The molecular weight excluding hydrogens is 252 g/mol. The van der Waals surface area contributed by atoms with Crippen molar-refractivity contribution in [1.82, 2.24) is 9.62 Å². The third kappa shape index (κ3) is 3.44. The van der Waals surface area contributed by atoms with E-state index in [-0.39, 0.29) is 30.9 Å². The molecule has 1 saturated heterocycles. The average Bonchev–Trinajstić information content (AvgIpc) is 2.27. The van der Waals surface area contributed by atoms with Gasteiger partial charge >= 0.3 is 0 Å². The van der Waals surface area contributed by atoms with Gasteiger partial charge in [0.15, 0.2) is 0 Å². The third-order valence-electron chi connectivity index (χ3n) is 4.00. The fourth-order valence-electron chi connectivity index (χ4n) is 2.78. The highest BCUT2D eigenvalue weighted by molar-refractivity contribution is 7.89. The van der Waals surface area contributed by atoms with Crippen LogP contribution in [-0.2, 0) is 10.0 Å². The number of aliphatic hydroxyl groups excluding tert-OH is 1. The van der Waals surface area contributed by atoms with Gasteiger partial charge in [0.05, 0.1) is 12.4 Å². The van der Waals surface area contributed by atoms with Crippen molar-refractivity contribution in [3.63, 3.8) is 0 Å². The van der Waals surface area contributed by atoms with E-state index < -0.39 is 10.0 Å². The zero-order chi connectivity index (χ0) is 13.0. The number of aliphatic hydroxyl groups is 1. The molecule has 1 saturated carbocycles. The lowest BCUT2D eigenvalue weighted by molar-refractivity contribution is 0.177.